The first-order chi connectivity index (χ1) is 11.0. The van der Waals surface area contributed by atoms with Gasteiger partial charge in [0.15, 0.2) is 0 Å². The van der Waals surface area contributed by atoms with E-state index in [1.54, 1.807) is 0 Å². The van der Waals surface area contributed by atoms with Gasteiger partial charge in [0, 0.05) is 6.92 Å². The van der Waals surface area contributed by atoms with Gasteiger partial charge in [0.2, 0.25) is 0 Å². The molecule has 1 aromatic carbocycles. The van der Waals surface area contributed by atoms with E-state index in [0.717, 1.165) is 30.4 Å². The quantitative estimate of drug-likeness (QED) is 0.566. The van der Waals surface area contributed by atoms with Crippen LogP contribution in [0.4, 0.5) is 0 Å². The Labute approximate surface area is 140 Å². The molecule has 0 N–H and O–H groups in total. The summed E-state index contributed by atoms with van der Waals surface area (Å²) < 4.78 is 5.58. The standard InChI is InChI=1S/C21H30O2/c1-5-7-17-12-16-9-10-18-14(2)8-6-11-21(18,4)19(16)13-20(17)23-15(3)22/h12-14,18H,5-11H2,1-4H3. The lowest BCUT2D eigenvalue weighted by Gasteiger charge is -2.49. The number of carbonyl (C=O) groups excluding carboxylic acids is 1. The summed E-state index contributed by atoms with van der Waals surface area (Å²) >= 11 is 0. The number of carbonyl (C=O) groups is 1. The molecule has 1 aromatic rings. The summed E-state index contributed by atoms with van der Waals surface area (Å²) in [5, 5.41) is 0. The van der Waals surface area contributed by atoms with Crippen LogP contribution in [0.2, 0.25) is 0 Å². The average Bonchev–Trinajstić information content (AvgIpc) is 2.48. The summed E-state index contributed by atoms with van der Waals surface area (Å²) in [6, 6.07) is 4.55. The third-order valence-electron chi connectivity index (χ3n) is 6.26. The summed E-state index contributed by atoms with van der Waals surface area (Å²) in [5.74, 6) is 2.16. The number of hydrogen-bond acceptors (Lipinski definition) is 2. The Bertz CT molecular complexity index is 604. The minimum absolute atomic E-state index is 0.211. The molecule has 23 heavy (non-hydrogen) atoms. The van der Waals surface area contributed by atoms with E-state index in [9.17, 15) is 4.79 Å². The van der Waals surface area contributed by atoms with Crippen LogP contribution in [0.1, 0.15) is 76.5 Å². The van der Waals surface area contributed by atoms with Gasteiger partial charge in [-0.15, -0.1) is 0 Å². The van der Waals surface area contributed by atoms with Gasteiger partial charge in [-0.1, -0.05) is 46.1 Å². The lowest BCUT2D eigenvalue weighted by Crippen LogP contribution is -2.43. The summed E-state index contributed by atoms with van der Waals surface area (Å²) in [5.41, 5.74) is 4.41. The van der Waals surface area contributed by atoms with Crippen LogP contribution in [0, 0.1) is 11.8 Å². The van der Waals surface area contributed by atoms with Crippen molar-refractivity contribution in [1.82, 2.24) is 0 Å². The second kappa shape index (κ2) is 6.30. The van der Waals surface area contributed by atoms with Crippen molar-refractivity contribution in [2.45, 2.75) is 78.1 Å². The normalized spacial score (nSPS) is 29.6. The van der Waals surface area contributed by atoms with Gasteiger partial charge in [-0.2, -0.15) is 0 Å². The van der Waals surface area contributed by atoms with Crippen LogP contribution in [0.25, 0.3) is 0 Å². The lowest BCUT2D eigenvalue weighted by atomic mass is 9.55. The second-order valence-corrected chi connectivity index (χ2v) is 7.89. The predicted molar refractivity (Wildman–Crippen MR) is 93.9 cm³/mol. The van der Waals surface area contributed by atoms with E-state index >= 15 is 0 Å². The van der Waals surface area contributed by atoms with E-state index in [-0.39, 0.29) is 11.4 Å². The van der Waals surface area contributed by atoms with Gasteiger partial charge in [0.25, 0.3) is 0 Å². The summed E-state index contributed by atoms with van der Waals surface area (Å²) in [7, 11) is 0. The van der Waals surface area contributed by atoms with Gasteiger partial charge in [0.05, 0.1) is 0 Å². The zero-order chi connectivity index (χ0) is 16.6. The molecule has 0 amide bonds. The number of rotatable bonds is 3. The lowest BCUT2D eigenvalue weighted by molar-refractivity contribution is -0.131. The number of benzene rings is 1. The molecule has 2 aliphatic carbocycles. The molecule has 0 radical (unpaired) electrons. The fourth-order valence-electron chi connectivity index (χ4n) is 5.18. The molecule has 2 aliphatic rings. The molecule has 1 fully saturated rings. The molecule has 1 saturated carbocycles. The van der Waals surface area contributed by atoms with Crippen LogP contribution in [0.15, 0.2) is 12.1 Å². The third-order valence-corrected chi connectivity index (χ3v) is 6.26. The largest absolute Gasteiger partial charge is 0.426 e. The fourth-order valence-corrected chi connectivity index (χ4v) is 5.18. The Hall–Kier alpha value is -1.31. The molecule has 0 aromatic heterocycles. The third kappa shape index (κ3) is 2.93. The minimum Gasteiger partial charge on any atom is -0.426 e. The number of aryl methyl sites for hydroxylation is 2. The van der Waals surface area contributed by atoms with Crippen molar-refractivity contribution < 1.29 is 9.53 Å². The van der Waals surface area contributed by atoms with Crippen molar-refractivity contribution in [2.24, 2.45) is 11.8 Å². The van der Waals surface area contributed by atoms with Crippen molar-refractivity contribution in [2.75, 3.05) is 0 Å². The molecule has 3 rings (SSSR count). The monoisotopic (exact) mass is 314 g/mol. The average molecular weight is 314 g/mol. The highest BCUT2D eigenvalue weighted by atomic mass is 16.5. The fraction of sp³-hybridized carbons (Fsp3) is 0.667. The van der Waals surface area contributed by atoms with Gasteiger partial charge in [-0.05, 0) is 65.7 Å². The minimum atomic E-state index is -0.211. The SMILES string of the molecule is CCCc1cc2c(cc1OC(C)=O)C1(C)CCCC(C)C1CC2. The zero-order valence-electron chi connectivity index (χ0n) is 15.1. The Morgan fingerprint density at radius 2 is 2.13 bits per heavy atom. The maximum atomic E-state index is 11.5. The molecular formula is C21H30O2. The van der Waals surface area contributed by atoms with Gasteiger partial charge in [-0.3, -0.25) is 4.79 Å². The maximum absolute atomic E-state index is 11.5. The Balaban J connectivity index is 2.07. The number of fused-ring (bicyclic) bond motifs is 3. The van der Waals surface area contributed by atoms with E-state index in [2.05, 4.69) is 32.9 Å². The second-order valence-electron chi connectivity index (χ2n) is 7.89. The first-order valence-electron chi connectivity index (χ1n) is 9.30. The molecule has 2 nitrogen and oxygen atoms in total. The van der Waals surface area contributed by atoms with Crippen molar-refractivity contribution >= 4 is 5.97 Å². The molecule has 2 heteroatoms. The Morgan fingerprint density at radius 3 is 2.83 bits per heavy atom. The molecule has 0 spiro atoms. The van der Waals surface area contributed by atoms with Gasteiger partial charge >= 0.3 is 5.97 Å². The topological polar surface area (TPSA) is 26.3 Å². The highest BCUT2D eigenvalue weighted by Gasteiger charge is 2.45. The van der Waals surface area contributed by atoms with E-state index in [0.29, 0.717) is 0 Å². The van der Waals surface area contributed by atoms with E-state index in [4.69, 9.17) is 4.74 Å². The summed E-state index contributed by atoms with van der Waals surface area (Å²) in [4.78, 5) is 11.5. The molecule has 0 bridgehead atoms. The van der Waals surface area contributed by atoms with Crippen LogP contribution in [0.3, 0.4) is 0 Å². The smallest absolute Gasteiger partial charge is 0.308 e. The molecule has 3 unspecified atom stereocenters. The van der Waals surface area contributed by atoms with Crippen LogP contribution in [-0.4, -0.2) is 5.97 Å². The van der Waals surface area contributed by atoms with E-state index < -0.39 is 0 Å². The van der Waals surface area contributed by atoms with E-state index in [1.165, 1.54) is 55.7 Å². The van der Waals surface area contributed by atoms with Crippen molar-refractivity contribution in [1.29, 1.82) is 0 Å². The first-order valence-corrected chi connectivity index (χ1v) is 9.30. The van der Waals surface area contributed by atoms with Crippen molar-refractivity contribution in [3.63, 3.8) is 0 Å². The number of esters is 1. The molecule has 3 atom stereocenters. The highest BCUT2D eigenvalue weighted by Crippen LogP contribution is 2.53. The van der Waals surface area contributed by atoms with Crippen LogP contribution >= 0.6 is 0 Å². The van der Waals surface area contributed by atoms with Crippen LogP contribution in [-0.2, 0) is 23.1 Å². The van der Waals surface area contributed by atoms with Gasteiger partial charge < -0.3 is 4.74 Å². The maximum Gasteiger partial charge on any atom is 0.308 e. The highest BCUT2D eigenvalue weighted by molar-refractivity contribution is 5.70. The van der Waals surface area contributed by atoms with Gasteiger partial charge in [0.1, 0.15) is 5.75 Å². The van der Waals surface area contributed by atoms with E-state index in [1.807, 2.05) is 0 Å². The van der Waals surface area contributed by atoms with Crippen LogP contribution < -0.4 is 4.74 Å². The van der Waals surface area contributed by atoms with Crippen LogP contribution in [0.5, 0.6) is 5.75 Å². The summed E-state index contributed by atoms with van der Waals surface area (Å²) in [6.45, 7) is 8.55. The number of ether oxygens (including phenoxy) is 1. The van der Waals surface area contributed by atoms with Gasteiger partial charge in [-0.25, -0.2) is 0 Å². The molecule has 0 aliphatic heterocycles. The molecular weight excluding hydrogens is 284 g/mol. The molecule has 0 saturated heterocycles. The van der Waals surface area contributed by atoms with Crippen molar-refractivity contribution in [3.8, 4) is 5.75 Å². The molecule has 0 heterocycles. The van der Waals surface area contributed by atoms with Crippen molar-refractivity contribution in [3.05, 3.63) is 28.8 Å². The number of hydrogen-bond donors (Lipinski definition) is 0. The zero-order valence-corrected chi connectivity index (χ0v) is 15.1. The first kappa shape index (κ1) is 16.5. The predicted octanol–water partition coefficient (Wildman–Crippen LogP) is 5.20. The Kier molecular flexibility index (Phi) is 4.53. The molecule has 126 valence electrons. The summed E-state index contributed by atoms with van der Waals surface area (Å²) in [6.07, 6.45) is 8.48. The Morgan fingerprint density at radius 1 is 1.35 bits per heavy atom.